The van der Waals surface area contributed by atoms with Gasteiger partial charge in [0.2, 0.25) is 0 Å². The van der Waals surface area contributed by atoms with E-state index < -0.39 is 5.97 Å². The lowest BCUT2D eigenvalue weighted by Gasteiger charge is -2.07. The molecular weight excluding hydrogens is 268 g/mol. The highest BCUT2D eigenvalue weighted by molar-refractivity contribution is 6.31. The molecule has 0 saturated carbocycles. The first-order valence-corrected chi connectivity index (χ1v) is 6.03. The number of carbonyl (C=O) groups is 1. The maximum atomic E-state index is 11.5. The summed E-state index contributed by atoms with van der Waals surface area (Å²) in [6.45, 7) is 2.04. The summed E-state index contributed by atoms with van der Waals surface area (Å²) in [6, 6.07) is 6.90. The number of esters is 1. The molecule has 100 valence electrons. The van der Waals surface area contributed by atoms with Crippen molar-refractivity contribution in [3.05, 3.63) is 52.4 Å². The van der Waals surface area contributed by atoms with Gasteiger partial charge < -0.3 is 13.9 Å². The van der Waals surface area contributed by atoms with Gasteiger partial charge in [0.05, 0.1) is 13.4 Å². The summed E-state index contributed by atoms with van der Waals surface area (Å²) in [4.78, 5) is 11.5. The third kappa shape index (κ3) is 3.09. The molecule has 0 saturated heterocycles. The monoisotopic (exact) mass is 280 g/mol. The predicted molar refractivity (Wildman–Crippen MR) is 70.6 cm³/mol. The Balaban J connectivity index is 2.08. The molecule has 5 heteroatoms. The number of hydrogen-bond acceptors (Lipinski definition) is 4. The van der Waals surface area contributed by atoms with E-state index in [2.05, 4.69) is 4.74 Å². The minimum absolute atomic E-state index is 0.151. The summed E-state index contributed by atoms with van der Waals surface area (Å²) in [5, 5.41) is 0.681. The van der Waals surface area contributed by atoms with E-state index in [1.165, 1.54) is 13.4 Å². The lowest BCUT2D eigenvalue weighted by molar-refractivity contribution is 0.0595. The van der Waals surface area contributed by atoms with Crippen LogP contribution in [-0.4, -0.2) is 13.1 Å². The van der Waals surface area contributed by atoms with Crippen molar-refractivity contribution in [2.45, 2.75) is 13.5 Å². The zero-order chi connectivity index (χ0) is 13.8. The molecule has 0 aliphatic carbocycles. The third-order valence-corrected chi connectivity index (χ3v) is 3.07. The van der Waals surface area contributed by atoms with Crippen molar-refractivity contribution in [1.29, 1.82) is 0 Å². The van der Waals surface area contributed by atoms with Crippen LogP contribution < -0.4 is 4.74 Å². The van der Waals surface area contributed by atoms with Crippen LogP contribution in [0.1, 0.15) is 21.7 Å². The molecule has 0 unspecified atom stereocenters. The Bertz CT molecular complexity index is 589. The van der Waals surface area contributed by atoms with Gasteiger partial charge in [-0.3, -0.25) is 0 Å². The number of carbonyl (C=O) groups excluding carboxylic acids is 1. The van der Waals surface area contributed by atoms with Crippen LogP contribution in [0.2, 0.25) is 5.02 Å². The van der Waals surface area contributed by atoms with Gasteiger partial charge in [-0.1, -0.05) is 11.6 Å². The van der Waals surface area contributed by atoms with Gasteiger partial charge in [0.25, 0.3) is 0 Å². The molecule has 4 nitrogen and oxygen atoms in total. The van der Waals surface area contributed by atoms with Crippen LogP contribution in [0.15, 0.2) is 34.9 Å². The van der Waals surface area contributed by atoms with Crippen molar-refractivity contribution in [1.82, 2.24) is 0 Å². The Morgan fingerprint density at radius 2 is 2.16 bits per heavy atom. The molecule has 0 amide bonds. The first-order chi connectivity index (χ1) is 9.11. The molecule has 2 rings (SSSR count). The van der Waals surface area contributed by atoms with Gasteiger partial charge in [-0.05, 0) is 36.8 Å². The second-order valence-electron chi connectivity index (χ2n) is 3.95. The lowest BCUT2D eigenvalue weighted by Crippen LogP contribution is -2.05. The smallest absolute Gasteiger partial charge is 0.341 e. The average Bonchev–Trinajstić information content (AvgIpc) is 2.87. The van der Waals surface area contributed by atoms with Crippen LogP contribution in [0.5, 0.6) is 5.75 Å². The number of furan rings is 1. The molecule has 0 atom stereocenters. The Kier molecular flexibility index (Phi) is 4.12. The fourth-order valence-electron chi connectivity index (χ4n) is 1.60. The fourth-order valence-corrected chi connectivity index (χ4v) is 1.72. The molecular formula is C14H13ClO4. The number of benzene rings is 1. The number of ether oxygens (including phenoxy) is 2. The van der Waals surface area contributed by atoms with E-state index in [4.69, 9.17) is 20.8 Å². The van der Waals surface area contributed by atoms with Crippen molar-refractivity contribution < 1.29 is 18.7 Å². The molecule has 0 radical (unpaired) electrons. The Labute approximate surface area is 115 Å². The highest BCUT2D eigenvalue weighted by atomic mass is 35.5. The quantitative estimate of drug-likeness (QED) is 0.803. The maximum Gasteiger partial charge on any atom is 0.341 e. The first-order valence-electron chi connectivity index (χ1n) is 5.65. The summed E-state index contributed by atoms with van der Waals surface area (Å²) < 4.78 is 15.4. The highest BCUT2D eigenvalue weighted by Crippen LogP contribution is 2.22. The molecule has 1 aromatic heterocycles. The van der Waals surface area contributed by atoms with Crippen LogP contribution >= 0.6 is 11.6 Å². The van der Waals surface area contributed by atoms with E-state index >= 15 is 0 Å². The van der Waals surface area contributed by atoms with Crippen LogP contribution in [-0.2, 0) is 11.3 Å². The fraction of sp³-hybridized carbons (Fsp3) is 0.214. The normalized spacial score (nSPS) is 10.3. The maximum absolute atomic E-state index is 11.5. The molecule has 0 aliphatic heterocycles. The average molecular weight is 281 g/mol. The molecule has 2 aromatic rings. The zero-order valence-electron chi connectivity index (χ0n) is 10.6. The van der Waals surface area contributed by atoms with E-state index in [9.17, 15) is 4.79 Å². The molecule has 0 N–H and O–H groups in total. The standard InChI is InChI=1S/C14H13ClO4/c1-9-7-10(3-4-12(9)15)19-8-13-11(5-6-18-13)14(16)17-2/h3-7H,8H2,1-2H3. The molecule has 1 aromatic carbocycles. The molecule has 0 bridgehead atoms. The van der Waals surface area contributed by atoms with Crippen molar-refractivity contribution in [3.8, 4) is 5.75 Å². The molecule has 0 aliphatic rings. The van der Waals surface area contributed by atoms with Gasteiger partial charge in [-0.25, -0.2) is 4.79 Å². The summed E-state index contributed by atoms with van der Waals surface area (Å²) in [5.41, 5.74) is 1.29. The Morgan fingerprint density at radius 1 is 1.37 bits per heavy atom. The minimum Gasteiger partial charge on any atom is -0.486 e. The number of hydrogen-bond donors (Lipinski definition) is 0. The van der Waals surface area contributed by atoms with E-state index in [0.29, 0.717) is 22.1 Å². The molecule has 19 heavy (non-hydrogen) atoms. The number of rotatable bonds is 4. The molecule has 1 heterocycles. The predicted octanol–water partition coefficient (Wildman–Crippen LogP) is 3.61. The summed E-state index contributed by atoms with van der Waals surface area (Å²) in [5.74, 6) is 0.646. The van der Waals surface area contributed by atoms with Crippen molar-refractivity contribution in [2.75, 3.05) is 7.11 Å². The Hall–Kier alpha value is -1.94. The summed E-state index contributed by atoms with van der Waals surface area (Å²) in [6.07, 6.45) is 1.43. The van der Waals surface area contributed by atoms with Crippen molar-refractivity contribution >= 4 is 17.6 Å². The van der Waals surface area contributed by atoms with Crippen LogP contribution in [0.25, 0.3) is 0 Å². The second-order valence-corrected chi connectivity index (χ2v) is 4.36. The van der Waals surface area contributed by atoms with E-state index in [-0.39, 0.29) is 6.61 Å². The van der Waals surface area contributed by atoms with E-state index in [1.54, 1.807) is 18.2 Å². The molecule has 0 fully saturated rings. The van der Waals surface area contributed by atoms with Gasteiger partial charge in [0, 0.05) is 5.02 Å². The van der Waals surface area contributed by atoms with Gasteiger partial charge in [0.1, 0.15) is 17.9 Å². The number of aryl methyl sites for hydroxylation is 1. The molecule has 0 spiro atoms. The van der Waals surface area contributed by atoms with Crippen LogP contribution in [0.3, 0.4) is 0 Å². The Morgan fingerprint density at radius 3 is 2.84 bits per heavy atom. The van der Waals surface area contributed by atoms with Crippen molar-refractivity contribution in [3.63, 3.8) is 0 Å². The SMILES string of the molecule is COC(=O)c1ccoc1COc1ccc(Cl)c(C)c1. The van der Waals surface area contributed by atoms with E-state index in [0.717, 1.165) is 5.56 Å². The summed E-state index contributed by atoms with van der Waals surface area (Å²) in [7, 11) is 1.32. The lowest BCUT2D eigenvalue weighted by atomic mass is 10.2. The first kappa shape index (κ1) is 13.5. The number of halogens is 1. The zero-order valence-corrected chi connectivity index (χ0v) is 11.4. The highest BCUT2D eigenvalue weighted by Gasteiger charge is 2.15. The second kappa shape index (κ2) is 5.80. The van der Waals surface area contributed by atoms with Gasteiger partial charge in [-0.15, -0.1) is 0 Å². The van der Waals surface area contributed by atoms with Crippen LogP contribution in [0.4, 0.5) is 0 Å². The van der Waals surface area contributed by atoms with Gasteiger partial charge >= 0.3 is 5.97 Å². The third-order valence-electron chi connectivity index (χ3n) is 2.65. The topological polar surface area (TPSA) is 48.7 Å². The van der Waals surface area contributed by atoms with E-state index in [1.807, 2.05) is 13.0 Å². The van der Waals surface area contributed by atoms with Gasteiger partial charge in [0.15, 0.2) is 5.76 Å². The summed E-state index contributed by atoms with van der Waals surface area (Å²) >= 11 is 5.93. The minimum atomic E-state index is -0.445. The van der Waals surface area contributed by atoms with Crippen LogP contribution in [0, 0.1) is 6.92 Å². The number of methoxy groups -OCH3 is 1. The largest absolute Gasteiger partial charge is 0.486 e. The van der Waals surface area contributed by atoms with Crippen molar-refractivity contribution in [2.24, 2.45) is 0 Å². The van der Waals surface area contributed by atoms with Gasteiger partial charge in [-0.2, -0.15) is 0 Å².